The zero-order chi connectivity index (χ0) is 36.6. The number of carbonyl (C=O) groups is 5. The Morgan fingerprint density at radius 3 is 1.62 bits per heavy atom. The highest BCUT2D eigenvalue weighted by molar-refractivity contribution is 5.98. The number of aliphatic carboxylic acids is 1. The van der Waals surface area contributed by atoms with Crippen LogP contribution in [0.4, 0.5) is 0 Å². The third kappa shape index (κ3) is 11.7. The van der Waals surface area contributed by atoms with Crippen molar-refractivity contribution < 1.29 is 49.5 Å². The van der Waals surface area contributed by atoms with Crippen molar-refractivity contribution in [2.24, 2.45) is 5.73 Å². The standard InChI is InChI=1S/C35H43N5O10/c36-24(14-4-6-18-37-31(45)22-12-8-16-27(41)29(22)43)33(47)39-25(34(48)40-26(35(49)50)20-21-10-2-1-3-11-21)15-5-7-19-38-32(46)23-13-9-17-28(42)30(23)44/h1-3,8-13,16-17,24-26,41-44H,4-7,14-15,18-20,36H2,(H,37,45)(H,38,46)(H,39,47)(H,40,48)(H,49,50). The van der Waals surface area contributed by atoms with E-state index in [-0.39, 0.29) is 43.5 Å². The van der Waals surface area contributed by atoms with E-state index in [0.29, 0.717) is 31.2 Å². The third-order valence-corrected chi connectivity index (χ3v) is 7.82. The average Bonchev–Trinajstić information content (AvgIpc) is 3.09. The minimum atomic E-state index is -1.27. The number of unbranched alkanes of at least 4 members (excludes halogenated alkanes) is 2. The number of para-hydroxylation sites is 2. The molecule has 50 heavy (non-hydrogen) atoms. The number of amides is 4. The molecule has 0 aliphatic rings. The molecular formula is C35H43N5O10. The van der Waals surface area contributed by atoms with Gasteiger partial charge in [-0.2, -0.15) is 0 Å². The van der Waals surface area contributed by atoms with Crippen LogP contribution in [0, 0.1) is 0 Å². The molecule has 15 nitrogen and oxygen atoms in total. The number of aromatic hydroxyl groups is 4. The number of phenolic OH excluding ortho intramolecular Hbond substituents is 4. The van der Waals surface area contributed by atoms with Crippen molar-refractivity contribution in [1.29, 1.82) is 0 Å². The molecule has 0 radical (unpaired) electrons. The lowest BCUT2D eigenvalue weighted by molar-refractivity contribution is -0.142. The fourth-order valence-electron chi connectivity index (χ4n) is 4.99. The predicted molar refractivity (Wildman–Crippen MR) is 182 cm³/mol. The molecular weight excluding hydrogens is 650 g/mol. The summed E-state index contributed by atoms with van der Waals surface area (Å²) in [6.45, 7) is 0.343. The highest BCUT2D eigenvalue weighted by Crippen LogP contribution is 2.28. The third-order valence-electron chi connectivity index (χ3n) is 7.82. The van der Waals surface area contributed by atoms with E-state index in [2.05, 4.69) is 21.3 Å². The van der Waals surface area contributed by atoms with Crippen LogP contribution in [-0.2, 0) is 20.8 Å². The van der Waals surface area contributed by atoms with Gasteiger partial charge in [0.2, 0.25) is 11.8 Å². The molecule has 0 aliphatic heterocycles. The number of carboxylic acid groups (broad SMARTS) is 1. The normalized spacial score (nSPS) is 12.6. The largest absolute Gasteiger partial charge is 0.504 e. The van der Waals surface area contributed by atoms with E-state index >= 15 is 0 Å². The summed E-state index contributed by atoms with van der Waals surface area (Å²) in [5.74, 6) is -5.76. The van der Waals surface area contributed by atoms with E-state index < -0.39 is 70.7 Å². The lowest BCUT2D eigenvalue weighted by Gasteiger charge is -2.23. The molecule has 15 heteroatoms. The van der Waals surface area contributed by atoms with Gasteiger partial charge in [-0.15, -0.1) is 0 Å². The van der Waals surface area contributed by atoms with Crippen LogP contribution in [0.5, 0.6) is 23.0 Å². The van der Waals surface area contributed by atoms with Crippen LogP contribution in [0.2, 0.25) is 0 Å². The first-order valence-electron chi connectivity index (χ1n) is 16.1. The molecule has 3 aromatic carbocycles. The maximum atomic E-state index is 13.3. The van der Waals surface area contributed by atoms with Gasteiger partial charge in [-0.05, 0) is 68.4 Å². The Kier molecular flexibility index (Phi) is 14.9. The quantitative estimate of drug-likeness (QED) is 0.0637. The van der Waals surface area contributed by atoms with Crippen molar-refractivity contribution in [2.45, 2.75) is 63.1 Å². The fourth-order valence-corrected chi connectivity index (χ4v) is 4.99. The van der Waals surface area contributed by atoms with Crippen LogP contribution in [0.25, 0.3) is 0 Å². The topological polar surface area (TPSA) is 261 Å². The van der Waals surface area contributed by atoms with E-state index in [1.54, 1.807) is 30.3 Å². The second-order valence-electron chi connectivity index (χ2n) is 11.6. The molecule has 0 heterocycles. The number of nitrogens with one attached hydrogen (secondary N) is 4. The van der Waals surface area contributed by atoms with Crippen LogP contribution in [0.1, 0.15) is 64.8 Å². The number of carboxylic acids is 1. The van der Waals surface area contributed by atoms with Crippen molar-refractivity contribution in [3.63, 3.8) is 0 Å². The van der Waals surface area contributed by atoms with Gasteiger partial charge in [0.05, 0.1) is 17.2 Å². The Morgan fingerprint density at radius 1 is 0.600 bits per heavy atom. The second-order valence-corrected chi connectivity index (χ2v) is 11.6. The van der Waals surface area contributed by atoms with Gasteiger partial charge in [0.25, 0.3) is 11.8 Å². The molecule has 0 fully saturated rings. The summed E-state index contributed by atoms with van der Waals surface area (Å²) in [4.78, 5) is 63.1. The van der Waals surface area contributed by atoms with Gasteiger partial charge in [0.15, 0.2) is 23.0 Å². The fraction of sp³-hybridized carbons (Fsp3) is 0.343. The van der Waals surface area contributed by atoms with Gasteiger partial charge in [0, 0.05) is 19.5 Å². The summed E-state index contributed by atoms with van der Waals surface area (Å²) in [6.07, 6.45) is 1.83. The van der Waals surface area contributed by atoms with Gasteiger partial charge >= 0.3 is 5.97 Å². The summed E-state index contributed by atoms with van der Waals surface area (Å²) in [5.41, 5.74) is 6.59. The molecule has 0 aromatic heterocycles. The highest BCUT2D eigenvalue weighted by Gasteiger charge is 2.28. The molecule has 11 N–H and O–H groups in total. The molecule has 3 atom stereocenters. The number of hydrogen-bond acceptors (Lipinski definition) is 10. The highest BCUT2D eigenvalue weighted by atomic mass is 16.4. The number of carbonyl (C=O) groups excluding carboxylic acids is 4. The lowest BCUT2D eigenvalue weighted by Crippen LogP contribution is -2.54. The van der Waals surface area contributed by atoms with E-state index in [1.807, 2.05) is 0 Å². The summed E-state index contributed by atoms with van der Waals surface area (Å²) in [7, 11) is 0. The van der Waals surface area contributed by atoms with Crippen molar-refractivity contribution in [3.8, 4) is 23.0 Å². The first kappa shape index (κ1) is 38.6. The lowest BCUT2D eigenvalue weighted by atomic mass is 10.0. The number of nitrogens with two attached hydrogens (primary N) is 1. The maximum absolute atomic E-state index is 13.3. The van der Waals surface area contributed by atoms with Gasteiger partial charge in [-0.1, -0.05) is 42.5 Å². The van der Waals surface area contributed by atoms with Crippen LogP contribution < -0.4 is 27.0 Å². The predicted octanol–water partition coefficient (Wildman–Crippen LogP) is 1.63. The van der Waals surface area contributed by atoms with Crippen LogP contribution in [0.15, 0.2) is 66.7 Å². The van der Waals surface area contributed by atoms with Gasteiger partial charge in [0.1, 0.15) is 12.1 Å². The van der Waals surface area contributed by atoms with Gasteiger partial charge < -0.3 is 52.5 Å². The summed E-state index contributed by atoms with van der Waals surface area (Å²) >= 11 is 0. The molecule has 3 aromatic rings. The summed E-state index contributed by atoms with van der Waals surface area (Å²) in [5, 5.41) is 59.1. The minimum absolute atomic E-state index is 0.0115. The minimum Gasteiger partial charge on any atom is -0.504 e. The average molecular weight is 694 g/mol. The molecule has 3 rings (SSSR count). The maximum Gasteiger partial charge on any atom is 0.326 e. The van der Waals surface area contributed by atoms with E-state index in [9.17, 15) is 49.5 Å². The Hall–Kier alpha value is -5.83. The zero-order valence-corrected chi connectivity index (χ0v) is 27.3. The number of phenols is 4. The van der Waals surface area contributed by atoms with E-state index in [1.165, 1.54) is 36.4 Å². The second kappa shape index (κ2) is 19.2. The van der Waals surface area contributed by atoms with Crippen LogP contribution >= 0.6 is 0 Å². The summed E-state index contributed by atoms with van der Waals surface area (Å²) < 4.78 is 0. The summed E-state index contributed by atoms with van der Waals surface area (Å²) in [6, 6.07) is 13.3. The van der Waals surface area contributed by atoms with Crippen molar-refractivity contribution in [2.75, 3.05) is 13.1 Å². The first-order chi connectivity index (χ1) is 23.9. The van der Waals surface area contributed by atoms with Gasteiger partial charge in [-0.25, -0.2) is 4.79 Å². The Balaban J connectivity index is 1.54. The Bertz CT molecular complexity index is 1640. The molecule has 0 spiro atoms. The smallest absolute Gasteiger partial charge is 0.326 e. The molecule has 3 unspecified atom stereocenters. The van der Waals surface area contributed by atoms with Crippen LogP contribution in [0.3, 0.4) is 0 Å². The molecule has 4 amide bonds. The van der Waals surface area contributed by atoms with E-state index in [0.717, 1.165) is 0 Å². The van der Waals surface area contributed by atoms with Crippen molar-refractivity contribution in [1.82, 2.24) is 21.3 Å². The van der Waals surface area contributed by atoms with Crippen LogP contribution in [-0.4, -0.2) is 86.3 Å². The molecule has 0 saturated heterocycles. The van der Waals surface area contributed by atoms with Crippen molar-refractivity contribution >= 4 is 29.6 Å². The van der Waals surface area contributed by atoms with E-state index in [4.69, 9.17) is 5.73 Å². The first-order valence-corrected chi connectivity index (χ1v) is 16.1. The molecule has 0 bridgehead atoms. The zero-order valence-electron chi connectivity index (χ0n) is 27.3. The SMILES string of the molecule is NC(CCCCNC(=O)c1cccc(O)c1O)C(=O)NC(CCCCNC(=O)c1cccc(O)c1O)C(=O)NC(Cc1ccccc1)C(=O)O. The number of hydrogen-bond donors (Lipinski definition) is 10. The van der Waals surface area contributed by atoms with Crippen molar-refractivity contribution in [3.05, 3.63) is 83.4 Å². The number of rotatable bonds is 19. The molecule has 0 saturated carbocycles. The Morgan fingerprint density at radius 2 is 1.10 bits per heavy atom. The van der Waals surface area contributed by atoms with Gasteiger partial charge in [-0.3, -0.25) is 19.2 Å². The molecule has 0 aliphatic carbocycles. The number of benzene rings is 3. The molecule has 268 valence electrons. The Labute approximate surface area is 288 Å². The monoisotopic (exact) mass is 693 g/mol.